The van der Waals surface area contributed by atoms with E-state index >= 15 is 0 Å². The Morgan fingerprint density at radius 2 is 1.67 bits per heavy atom. The maximum absolute atomic E-state index is 12.9. The van der Waals surface area contributed by atoms with Gasteiger partial charge in [0, 0.05) is 23.8 Å². The molecule has 2 aromatic carbocycles. The van der Waals surface area contributed by atoms with Crippen molar-refractivity contribution in [3.8, 4) is 0 Å². The van der Waals surface area contributed by atoms with Gasteiger partial charge in [-0.25, -0.2) is 8.42 Å². The van der Waals surface area contributed by atoms with E-state index in [1.807, 2.05) is 39.0 Å². The highest BCUT2D eigenvalue weighted by Gasteiger charge is 2.30. The fraction of sp³-hybridized carbons (Fsp3) is 0.381. The number of hydrogen-bond acceptors (Lipinski definition) is 3. The molecule has 1 N–H and O–H groups in total. The van der Waals surface area contributed by atoms with Crippen LogP contribution in [-0.2, 0) is 10.0 Å². The summed E-state index contributed by atoms with van der Waals surface area (Å²) in [6.45, 7) is 6.39. The van der Waals surface area contributed by atoms with Gasteiger partial charge < -0.3 is 5.32 Å². The lowest BCUT2D eigenvalue weighted by Crippen LogP contribution is -2.41. The molecule has 1 saturated heterocycles. The number of anilines is 1. The molecule has 0 aliphatic carbocycles. The van der Waals surface area contributed by atoms with Crippen molar-refractivity contribution in [1.29, 1.82) is 0 Å². The molecule has 0 bridgehead atoms. The third-order valence-electron chi connectivity index (χ3n) is 5.18. The van der Waals surface area contributed by atoms with Crippen LogP contribution in [0.25, 0.3) is 0 Å². The Labute approximate surface area is 161 Å². The minimum atomic E-state index is -3.52. The van der Waals surface area contributed by atoms with Crippen molar-refractivity contribution in [2.24, 2.45) is 0 Å². The predicted molar refractivity (Wildman–Crippen MR) is 108 cm³/mol. The predicted octanol–water partition coefficient (Wildman–Crippen LogP) is 4.12. The van der Waals surface area contributed by atoms with Crippen LogP contribution in [0.3, 0.4) is 0 Å². The fourth-order valence-corrected chi connectivity index (χ4v) is 5.24. The molecule has 1 aliphatic heterocycles. The number of sulfonamides is 1. The molecular formula is C21H26N2O3S. The zero-order chi connectivity index (χ0) is 19.6. The van der Waals surface area contributed by atoms with E-state index in [1.165, 1.54) is 12.1 Å². The molecule has 27 heavy (non-hydrogen) atoms. The van der Waals surface area contributed by atoms with Gasteiger partial charge in [-0.1, -0.05) is 24.6 Å². The first-order valence-corrected chi connectivity index (χ1v) is 10.7. The molecule has 2 aromatic rings. The molecule has 0 saturated carbocycles. The second-order valence-corrected chi connectivity index (χ2v) is 9.10. The summed E-state index contributed by atoms with van der Waals surface area (Å²) in [5.41, 5.74) is 3.20. The second kappa shape index (κ2) is 7.82. The van der Waals surface area contributed by atoms with Crippen LogP contribution in [0.15, 0.2) is 47.4 Å². The summed E-state index contributed by atoms with van der Waals surface area (Å²) >= 11 is 0. The summed E-state index contributed by atoms with van der Waals surface area (Å²) in [5, 5.41) is 2.92. The highest BCUT2D eigenvalue weighted by molar-refractivity contribution is 7.89. The number of rotatable bonds is 4. The number of piperidine rings is 1. The molecule has 1 heterocycles. The van der Waals surface area contributed by atoms with Gasteiger partial charge in [-0.05, 0) is 69.0 Å². The van der Waals surface area contributed by atoms with Gasteiger partial charge in [0.1, 0.15) is 0 Å². The molecule has 0 radical (unpaired) electrons. The largest absolute Gasteiger partial charge is 0.322 e. The average molecular weight is 387 g/mol. The van der Waals surface area contributed by atoms with Crippen LogP contribution < -0.4 is 5.32 Å². The molecule has 0 spiro atoms. The van der Waals surface area contributed by atoms with E-state index in [9.17, 15) is 13.2 Å². The van der Waals surface area contributed by atoms with E-state index in [2.05, 4.69) is 5.32 Å². The quantitative estimate of drug-likeness (QED) is 0.859. The highest BCUT2D eigenvalue weighted by atomic mass is 32.2. The number of carbonyl (C=O) groups excluding carboxylic acids is 1. The summed E-state index contributed by atoms with van der Waals surface area (Å²) in [6, 6.07) is 12.0. The maximum atomic E-state index is 12.9. The normalized spacial score (nSPS) is 18.3. The molecule has 1 fully saturated rings. The van der Waals surface area contributed by atoms with Gasteiger partial charge in [-0.3, -0.25) is 4.79 Å². The van der Waals surface area contributed by atoms with Crippen LogP contribution in [0.4, 0.5) is 5.69 Å². The van der Waals surface area contributed by atoms with E-state index in [1.54, 1.807) is 16.4 Å². The summed E-state index contributed by atoms with van der Waals surface area (Å²) < 4.78 is 27.3. The number of amides is 1. The monoisotopic (exact) mass is 386 g/mol. The standard InChI is InChI=1S/C21H26N2O3S/c1-15-7-6-8-16(2)20(15)22-21(24)18-10-12-19(13-11-18)27(25,26)23-14-5-4-9-17(23)3/h6-8,10-13,17H,4-5,9,14H2,1-3H3,(H,22,24). The molecule has 1 aliphatic rings. The molecule has 0 aromatic heterocycles. The van der Waals surface area contributed by atoms with Gasteiger partial charge >= 0.3 is 0 Å². The van der Waals surface area contributed by atoms with Crippen LogP contribution in [0.1, 0.15) is 47.7 Å². The first-order valence-electron chi connectivity index (χ1n) is 9.30. The van der Waals surface area contributed by atoms with Crippen LogP contribution in [0.2, 0.25) is 0 Å². The molecule has 144 valence electrons. The van der Waals surface area contributed by atoms with Gasteiger partial charge in [-0.15, -0.1) is 0 Å². The summed E-state index contributed by atoms with van der Waals surface area (Å²) in [4.78, 5) is 12.8. The van der Waals surface area contributed by atoms with Crippen LogP contribution in [0, 0.1) is 13.8 Å². The van der Waals surface area contributed by atoms with Gasteiger partial charge in [0.2, 0.25) is 10.0 Å². The molecule has 1 unspecified atom stereocenters. The van der Waals surface area contributed by atoms with Crippen molar-refractivity contribution in [3.05, 3.63) is 59.2 Å². The molecular weight excluding hydrogens is 360 g/mol. The molecule has 6 heteroatoms. The van der Waals surface area contributed by atoms with Crippen molar-refractivity contribution in [3.63, 3.8) is 0 Å². The Morgan fingerprint density at radius 3 is 2.26 bits per heavy atom. The average Bonchev–Trinajstić information content (AvgIpc) is 2.65. The lowest BCUT2D eigenvalue weighted by atomic mass is 10.1. The highest BCUT2D eigenvalue weighted by Crippen LogP contribution is 2.26. The van der Waals surface area contributed by atoms with Crippen molar-refractivity contribution in [2.75, 3.05) is 11.9 Å². The minimum Gasteiger partial charge on any atom is -0.322 e. The number of carbonyl (C=O) groups is 1. The lowest BCUT2D eigenvalue weighted by molar-refractivity contribution is 0.102. The number of aryl methyl sites for hydroxylation is 2. The number of nitrogens with one attached hydrogen (secondary N) is 1. The first-order chi connectivity index (χ1) is 12.8. The summed E-state index contributed by atoms with van der Waals surface area (Å²) in [7, 11) is -3.52. The Balaban J connectivity index is 1.79. The number of hydrogen-bond donors (Lipinski definition) is 1. The Hall–Kier alpha value is -2.18. The minimum absolute atomic E-state index is 0.00996. The Bertz CT molecular complexity index is 916. The van der Waals surface area contributed by atoms with Crippen LogP contribution in [-0.4, -0.2) is 31.2 Å². The van der Waals surface area contributed by atoms with E-state index in [0.29, 0.717) is 12.1 Å². The molecule has 1 atom stereocenters. The third-order valence-corrected chi connectivity index (χ3v) is 7.21. The molecule has 5 nitrogen and oxygen atoms in total. The SMILES string of the molecule is Cc1cccc(C)c1NC(=O)c1ccc(S(=O)(=O)N2CCCCC2C)cc1. The van der Waals surface area contributed by atoms with Crippen molar-refractivity contribution in [1.82, 2.24) is 4.31 Å². The topological polar surface area (TPSA) is 66.5 Å². The first kappa shape index (κ1) is 19.6. The van der Waals surface area contributed by atoms with Crippen LogP contribution in [0.5, 0.6) is 0 Å². The van der Waals surface area contributed by atoms with Gasteiger partial charge in [-0.2, -0.15) is 4.31 Å². The fourth-order valence-electron chi connectivity index (χ4n) is 3.54. The van der Waals surface area contributed by atoms with Gasteiger partial charge in [0.25, 0.3) is 5.91 Å². The number of para-hydroxylation sites is 1. The molecule has 3 rings (SSSR count). The zero-order valence-corrected chi connectivity index (χ0v) is 16.8. The van der Waals surface area contributed by atoms with Crippen LogP contribution >= 0.6 is 0 Å². The lowest BCUT2D eigenvalue weighted by Gasteiger charge is -2.32. The third kappa shape index (κ3) is 4.06. The van der Waals surface area contributed by atoms with Crippen molar-refractivity contribution < 1.29 is 13.2 Å². The summed E-state index contributed by atoms with van der Waals surface area (Å²) in [5.74, 6) is -0.248. The van der Waals surface area contributed by atoms with Crippen molar-refractivity contribution >= 4 is 21.6 Å². The number of nitrogens with zero attached hydrogens (tertiary/aromatic N) is 1. The smallest absolute Gasteiger partial charge is 0.255 e. The maximum Gasteiger partial charge on any atom is 0.255 e. The van der Waals surface area contributed by atoms with Gasteiger partial charge in [0.05, 0.1) is 4.90 Å². The van der Waals surface area contributed by atoms with Crippen molar-refractivity contribution in [2.45, 2.75) is 51.0 Å². The number of benzene rings is 2. The molecule has 1 amide bonds. The van der Waals surface area contributed by atoms with Gasteiger partial charge in [0.15, 0.2) is 0 Å². The Kier molecular flexibility index (Phi) is 5.67. The zero-order valence-electron chi connectivity index (χ0n) is 16.0. The van der Waals surface area contributed by atoms with E-state index in [-0.39, 0.29) is 16.8 Å². The van der Waals surface area contributed by atoms with E-state index in [0.717, 1.165) is 36.1 Å². The Morgan fingerprint density at radius 1 is 1.04 bits per heavy atom. The van der Waals surface area contributed by atoms with E-state index in [4.69, 9.17) is 0 Å². The van der Waals surface area contributed by atoms with E-state index < -0.39 is 10.0 Å². The summed E-state index contributed by atoms with van der Waals surface area (Å²) in [6.07, 6.45) is 2.83. The second-order valence-electron chi connectivity index (χ2n) is 7.21.